The molecule has 0 N–H and O–H groups in total. The minimum Gasteiger partial charge on any atom is -0.462 e. The van der Waals surface area contributed by atoms with Crippen molar-refractivity contribution in [3.8, 4) is 0 Å². The average molecular weight is 821 g/mol. The Morgan fingerprint density at radius 2 is 0.466 bits per heavy atom. The van der Waals surface area contributed by atoms with Crippen LogP contribution < -0.4 is 0 Å². The average Bonchev–Trinajstić information content (AvgIpc) is 3.22. The third kappa shape index (κ3) is 45.5. The first kappa shape index (κ1) is 56.4. The van der Waals surface area contributed by atoms with E-state index in [2.05, 4.69) is 20.8 Å². The molecule has 0 amide bonds. The molecule has 0 aromatic rings. The highest BCUT2D eigenvalue weighted by Gasteiger charge is 2.19. The Bertz CT molecular complexity index is 859. The van der Waals surface area contributed by atoms with Crippen LogP contribution in [0.2, 0.25) is 0 Å². The van der Waals surface area contributed by atoms with E-state index in [9.17, 15) is 14.4 Å². The van der Waals surface area contributed by atoms with Gasteiger partial charge in [0.05, 0.1) is 0 Å². The van der Waals surface area contributed by atoms with E-state index in [1.54, 1.807) is 0 Å². The summed E-state index contributed by atoms with van der Waals surface area (Å²) in [6.45, 7) is 6.54. The first-order chi connectivity index (χ1) is 28.5. The van der Waals surface area contributed by atoms with Gasteiger partial charge in [0.1, 0.15) is 13.2 Å². The topological polar surface area (TPSA) is 78.9 Å². The Morgan fingerprint density at radius 1 is 0.276 bits per heavy atom. The number of hydrogen-bond donors (Lipinski definition) is 0. The highest BCUT2D eigenvalue weighted by atomic mass is 16.6. The van der Waals surface area contributed by atoms with Gasteiger partial charge in [-0.3, -0.25) is 14.4 Å². The van der Waals surface area contributed by atoms with Crippen LogP contribution in [-0.4, -0.2) is 37.2 Å². The van der Waals surface area contributed by atoms with Gasteiger partial charge in [0, 0.05) is 19.3 Å². The molecule has 0 aromatic carbocycles. The van der Waals surface area contributed by atoms with Gasteiger partial charge in [-0.25, -0.2) is 0 Å². The minimum atomic E-state index is -0.756. The van der Waals surface area contributed by atoms with Crippen LogP contribution in [0.25, 0.3) is 0 Å². The first-order valence-corrected chi connectivity index (χ1v) is 26.0. The third-order valence-corrected chi connectivity index (χ3v) is 11.9. The summed E-state index contributed by atoms with van der Waals surface area (Å²) >= 11 is 0. The van der Waals surface area contributed by atoms with Crippen LogP contribution in [0.1, 0.15) is 297 Å². The summed E-state index contributed by atoms with van der Waals surface area (Å²) < 4.78 is 16.6. The van der Waals surface area contributed by atoms with E-state index in [0.717, 1.165) is 64.2 Å². The van der Waals surface area contributed by atoms with Gasteiger partial charge in [-0.05, 0) is 19.3 Å². The second-order valence-electron chi connectivity index (χ2n) is 17.8. The van der Waals surface area contributed by atoms with Gasteiger partial charge >= 0.3 is 17.9 Å². The van der Waals surface area contributed by atoms with Crippen molar-refractivity contribution in [3.63, 3.8) is 0 Å². The summed E-state index contributed by atoms with van der Waals surface area (Å²) in [6.07, 6.45) is 51.8. The van der Waals surface area contributed by atoms with Crippen molar-refractivity contribution in [3.05, 3.63) is 0 Å². The maximum Gasteiger partial charge on any atom is 0.306 e. The van der Waals surface area contributed by atoms with Gasteiger partial charge in [0.25, 0.3) is 0 Å². The molecular weight excluding hydrogens is 721 g/mol. The molecule has 1 atom stereocenters. The van der Waals surface area contributed by atoms with Crippen LogP contribution in [0.5, 0.6) is 0 Å². The zero-order chi connectivity index (χ0) is 42.3. The highest BCUT2D eigenvalue weighted by molar-refractivity contribution is 5.71. The zero-order valence-electron chi connectivity index (χ0n) is 39.3. The first-order valence-electron chi connectivity index (χ1n) is 26.0. The normalized spacial score (nSPS) is 11.8. The van der Waals surface area contributed by atoms with Crippen LogP contribution in [0.3, 0.4) is 0 Å². The molecule has 0 saturated heterocycles. The van der Waals surface area contributed by atoms with Crippen LogP contribution in [0.15, 0.2) is 0 Å². The number of rotatable bonds is 48. The quantitative estimate of drug-likeness (QED) is 0.0346. The molecule has 0 heterocycles. The van der Waals surface area contributed by atoms with Crippen molar-refractivity contribution in [2.24, 2.45) is 0 Å². The lowest BCUT2D eigenvalue weighted by Crippen LogP contribution is -2.30. The summed E-state index contributed by atoms with van der Waals surface area (Å²) in [6, 6.07) is 0. The molecule has 0 radical (unpaired) electrons. The van der Waals surface area contributed by atoms with Crippen molar-refractivity contribution < 1.29 is 28.6 Å². The lowest BCUT2D eigenvalue weighted by molar-refractivity contribution is -0.167. The molecule has 0 saturated carbocycles. The van der Waals surface area contributed by atoms with E-state index in [1.807, 2.05) is 0 Å². The van der Waals surface area contributed by atoms with Gasteiger partial charge in [0.2, 0.25) is 0 Å². The largest absolute Gasteiger partial charge is 0.462 e. The zero-order valence-corrected chi connectivity index (χ0v) is 39.3. The minimum absolute atomic E-state index is 0.0646. The third-order valence-electron chi connectivity index (χ3n) is 11.9. The molecule has 344 valence electrons. The number of carbonyl (C=O) groups is 3. The Morgan fingerprint density at radius 3 is 0.690 bits per heavy atom. The monoisotopic (exact) mass is 821 g/mol. The van der Waals surface area contributed by atoms with Gasteiger partial charge in [-0.2, -0.15) is 0 Å². The fourth-order valence-electron chi connectivity index (χ4n) is 7.92. The molecule has 0 bridgehead atoms. The lowest BCUT2D eigenvalue weighted by atomic mass is 10.0. The second-order valence-corrected chi connectivity index (χ2v) is 17.8. The number of carbonyl (C=O) groups excluding carboxylic acids is 3. The Labute approximate surface area is 361 Å². The molecule has 6 nitrogen and oxygen atoms in total. The summed E-state index contributed by atoms with van der Waals surface area (Å²) in [5.41, 5.74) is 0. The Kier molecular flexibility index (Phi) is 46.8. The summed E-state index contributed by atoms with van der Waals surface area (Å²) in [4.78, 5) is 37.3. The molecule has 0 aromatic heterocycles. The maximum atomic E-state index is 12.6. The molecule has 1 unspecified atom stereocenters. The lowest BCUT2D eigenvalue weighted by Gasteiger charge is -2.18. The van der Waals surface area contributed by atoms with E-state index >= 15 is 0 Å². The van der Waals surface area contributed by atoms with E-state index in [0.29, 0.717) is 19.3 Å². The SMILES string of the molecule is CCCCCCCCCCCCCCCCCCCCCCCCCCCCCCC(=O)OCC(COC(=O)CCCCCCC)OC(=O)CCCCCCCCC. The van der Waals surface area contributed by atoms with Crippen molar-refractivity contribution in [1.82, 2.24) is 0 Å². The van der Waals surface area contributed by atoms with Crippen molar-refractivity contribution in [1.29, 1.82) is 0 Å². The van der Waals surface area contributed by atoms with Crippen LogP contribution in [-0.2, 0) is 28.6 Å². The summed E-state index contributed by atoms with van der Waals surface area (Å²) in [7, 11) is 0. The Hall–Kier alpha value is -1.59. The molecule has 0 aliphatic rings. The highest BCUT2D eigenvalue weighted by Crippen LogP contribution is 2.17. The second kappa shape index (κ2) is 48.1. The van der Waals surface area contributed by atoms with E-state index in [-0.39, 0.29) is 31.1 Å². The van der Waals surface area contributed by atoms with Crippen molar-refractivity contribution in [2.45, 2.75) is 303 Å². The number of esters is 3. The number of hydrogen-bond acceptors (Lipinski definition) is 6. The van der Waals surface area contributed by atoms with Gasteiger partial charge in [0.15, 0.2) is 6.10 Å². The van der Waals surface area contributed by atoms with Gasteiger partial charge < -0.3 is 14.2 Å². The molecule has 0 aliphatic heterocycles. The van der Waals surface area contributed by atoms with Crippen molar-refractivity contribution in [2.75, 3.05) is 13.2 Å². The fraction of sp³-hybridized carbons (Fsp3) is 0.942. The van der Waals surface area contributed by atoms with E-state index < -0.39 is 6.10 Å². The fourth-order valence-corrected chi connectivity index (χ4v) is 7.92. The van der Waals surface area contributed by atoms with Crippen LogP contribution in [0.4, 0.5) is 0 Å². The predicted octanol–water partition coefficient (Wildman–Crippen LogP) is 16.8. The molecule has 0 aliphatic carbocycles. The van der Waals surface area contributed by atoms with Crippen LogP contribution in [0, 0.1) is 0 Å². The molecule has 0 spiro atoms. The smallest absolute Gasteiger partial charge is 0.306 e. The predicted molar refractivity (Wildman–Crippen MR) is 247 cm³/mol. The van der Waals surface area contributed by atoms with Gasteiger partial charge in [-0.1, -0.05) is 258 Å². The number of ether oxygens (including phenoxy) is 3. The molecule has 58 heavy (non-hydrogen) atoms. The Balaban J connectivity index is 3.80. The maximum absolute atomic E-state index is 12.6. The van der Waals surface area contributed by atoms with E-state index in [4.69, 9.17) is 14.2 Å². The molecule has 6 heteroatoms. The molecule has 0 fully saturated rings. The van der Waals surface area contributed by atoms with Crippen LogP contribution >= 0.6 is 0 Å². The van der Waals surface area contributed by atoms with Crippen molar-refractivity contribution >= 4 is 17.9 Å². The standard InChI is InChI=1S/C52H100O6/c1-4-7-10-13-15-16-17-18-19-20-21-22-23-24-25-26-27-28-29-30-31-32-33-34-35-37-39-42-45-51(54)57-48-49(47-56-50(53)44-41-38-12-9-6-3)58-52(55)46-43-40-36-14-11-8-5-2/h49H,4-48H2,1-3H3. The molecule has 0 rings (SSSR count). The van der Waals surface area contributed by atoms with E-state index in [1.165, 1.54) is 193 Å². The summed E-state index contributed by atoms with van der Waals surface area (Å²) in [5, 5.41) is 0. The number of unbranched alkanes of at least 4 members (excludes halogenated alkanes) is 37. The summed E-state index contributed by atoms with van der Waals surface area (Å²) in [5.74, 6) is -0.872. The van der Waals surface area contributed by atoms with Gasteiger partial charge in [-0.15, -0.1) is 0 Å². The molecular formula is C52H100O6.